The first-order valence-electron chi connectivity index (χ1n) is 6.38. The molecule has 0 aromatic carbocycles. The van der Waals surface area contributed by atoms with Gasteiger partial charge in [-0.25, -0.2) is 0 Å². The monoisotopic (exact) mass is 301 g/mol. The van der Waals surface area contributed by atoms with Crippen LogP contribution < -0.4 is 5.73 Å². The second kappa shape index (κ2) is 6.17. The van der Waals surface area contributed by atoms with Crippen molar-refractivity contribution in [3.63, 3.8) is 0 Å². The molecule has 0 unspecified atom stereocenters. The largest absolute Gasteiger partial charge is 0.392 e. The van der Waals surface area contributed by atoms with Crippen LogP contribution in [-0.2, 0) is 13.6 Å². The van der Waals surface area contributed by atoms with Crippen molar-refractivity contribution in [2.45, 2.75) is 13.5 Å². The Bertz CT molecular complexity index is 465. The van der Waals surface area contributed by atoms with Crippen molar-refractivity contribution in [2.24, 2.45) is 12.8 Å². The maximum atomic E-state index is 6.26. The molecule has 5 nitrogen and oxygen atoms in total. The van der Waals surface area contributed by atoms with E-state index < -0.39 is 0 Å². The highest BCUT2D eigenvalue weighted by molar-refractivity contribution is 7.80. The van der Waals surface area contributed by atoms with Crippen LogP contribution in [0.4, 0.5) is 0 Å². The molecule has 0 radical (unpaired) electrons. The Labute approximate surface area is 124 Å². The zero-order chi connectivity index (χ0) is 14.0. The highest BCUT2D eigenvalue weighted by Crippen LogP contribution is 2.21. The van der Waals surface area contributed by atoms with Crippen molar-refractivity contribution < 1.29 is 0 Å². The Kier molecular flexibility index (Phi) is 4.78. The predicted molar refractivity (Wildman–Crippen MR) is 81.5 cm³/mol. The Morgan fingerprint density at radius 1 is 1.32 bits per heavy atom. The van der Waals surface area contributed by atoms with E-state index in [2.05, 4.69) is 14.9 Å². The van der Waals surface area contributed by atoms with Crippen molar-refractivity contribution in [1.82, 2.24) is 19.6 Å². The second-order valence-electron chi connectivity index (χ2n) is 5.00. The van der Waals surface area contributed by atoms with Gasteiger partial charge in [-0.15, -0.1) is 0 Å². The summed E-state index contributed by atoms with van der Waals surface area (Å²) < 4.78 is 1.73. The van der Waals surface area contributed by atoms with Crippen molar-refractivity contribution >= 4 is 28.8 Å². The summed E-state index contributed by atoms with van der Waals surface area (Å²) in [6.07, 6.45) is 0. The average Bonchev–Trinajstić information content (AvgIpc) is 2.58. The molecule has 0 spiro atoms. The quantitative estimate of drug-likeness (QED) is 0.833. The summed E-state index contributed by atoms with van der Waals surface area (Å²) in [5.74, 6) is 0. The fraction of sp³-hybridized carbons (Fsp3) is 0.667. The molecule has 1 aromatic rings. The van der Waals surface area contributed by atoms with Gasteiger partial charge in [-0.3, -0.25) is 14.5 Å². The van der Waals surface area contributed by atoms with Crippen LogP contribution in [0.1, 0.15) is 11.3 Å². The molecule has 0 saturated carbocycles. The molecule has 19 heavy (non-hydrogen) atoms. The normalized spacial score (nSPS) is 17.8. The van der Waals surface area contributed by atoms with E-state index in [1.165, 1.54) is 0 Å². The number of aromatic nitrogens is 2. The third kappa shape index (κ3) is 3.66. The van der Waals surface area contributed by atoms with Gasteiger partial charge in [0.2, 0.25) is 0 Å². The van der Waals surface area contributed by atoms with Crippen molar-refractivity contribution in [2.75, 3.05) is 32.7 Å². The molecule has 1 aliphatic heterocycles. The van der Waals surface area contributed by atoms with Crippen LogP contribution in [0.2, 0.25) is 5.15 Å². The molecule has 2 rings (SSSR count). The van der Waals surface area contributed by atoms with E-state index in [4.69, 9.17) is 29.6 Å². The van der Waals surface area contributed by atoms with Crippen LogP contribution >= 0.6 is 23.8 Å². The van der Waals surface area contributed by atoms with Crippen LogP contribution in [0, 0.1) is 6.92 Å². The first-order valence-corrected chi connectivity index (χ1v) is 7.17. The maximum Gasteiger partial charge on any atom is 0.131 e. The molecule has 1 fully saturated rings. The van der Waals surface area contributed by atoms with Gasteiger partial charge in [-0.05, 0) is 6.92 Å². The smallest absolute Gasteiger partial charge is 0.131 e. The number of hydrogen-bond donors (Lipinski definition) is 1. The van der Waals surface area contributed by atoms with Gasteiger partial charge >= 0.3 is 0 Å². The lowest BCUT2D eigenvalue weighted by Crippen LogP contribution is -2.48. The van der Waals surface area contributed by atoms with Crippen molar-refractivity contribution in [3.05, 3.63) is 16.4 Å². The molecule has 2 heterocycles. The number of nitrogens with two attached hydrogens (primary N) is 1. The van der Waals surface area contributed by atoms with E-state index in [0.29, 0.717) is 4.99 Å². The fourth-order valence-corrected chi connectivity index (χ4v) is 2.82. The molecule has 0 bridgehead atoms. The fourth-order valence-electron chi connectivity index (χ4n) is 2.40. The van der Waals surface area contributed by atoms with Gasteiger partial charge in [-0.1, -0.05) is 23.8 Å². The molecule has 1 saturated heterocycles. The lowest BCUT2D eigenvalue weighted by atomic mass is 10.2. The van der Waals surface area contributed by atoms with Crippen LogP contribution in [0.3, 0.4) is 0 Å². The van der Waals surface area contributed by atoms with Gasteiger partial charge in [-0.2, -0.15) is 5.10 Å². The minimum atomic E-state index is 0.569. The minimum absolute atomic E-state index is 0.569. The van der Waals surface area contributed by atoms with Gasteiger partial charge in [0, 0.05) is 51.9 Å². The second-order valence-corrected chi connectivity index (χ2v) is 5.88. The molecule has 2 N–H and O–H groups in total. The molecule has 106 valence electrons. The molecule has 0 aliphatic carbocycles. The summed E-state index contributed by atoms with van der Waals surface area (Å²) in [6.45, 7) is 7.59. The Balaban J connectivity index is 1.90. The highest BCUT2D eigenvalue weighted by Gasteiger charge is 2.20. The number of halogens is 1. The standard InChI is InChI=1S/C12H20ClN5S/c1-9-10(12(13)16(2)15-9)7-17-3-5-18(6-4-17)8-11(14)19/h3-8H2,1-2H3,(H2,14,19). The van der Waals surface area contributed by atoms with Crippen LogP contribution in [0.25, 0.3) is 0 Å². The minimum Gasteiger partial charge on any atom is -0.392 e. The number of aryl methyl sites for hydroxylation is 2. The highest BCUT2D eigenvalue weighted by atomic mass is 35.5. The van der Waals surface area contributed by atoms with Gasteiger partial charge in [0.15, 0.2) is 0 Å². The van der Waals surface area contributed by atoms with Gasteiger partial charge in [0.25, 0.3) is 0 Å². The summed E-state index contributed by atoms with van der Waals surface area (Å²) in [4.78, 5) is 5.25. The number of rotatable bonds is 4. The average molecular weight is 302 g/mol. The topological polar surface area (TPSA) is 50.3 Å². The van der Waals surface area contributed by atoms with E-state index in [1.54, 1.807) is 4.68 Å². The van der Waals surface area contributed by atoms with E-state index in [1.807, 2.05) is 14.0 Å². The Morgan fingerprint density at radius 3 is 2.37 bits per heavy atom. The van der Waals surface area contributed by atoms with Gasteiger partial charge < -0.3 is 5.73 Å². The number of nitrogens with zero attached hydrogens (tertiary/aromatic N) is 4. The molecule has 7 heteroatoms. The summed E-state index contributed by atoms with van der Waals surface area (Å²) in [7, 11) is 1.87. The zero-order valence-electron chi connectivity index (χ0n) is 11.4. The van der Waals surface area contributed by atoms with Crippen LogP contribution in [-0.4, -0.2) is 57.3 Å². The van der Waals surface area contributed by atoms with Crippen LogP contribution in [0.5, 0.6) is 0 Å². The summed E-state index contributed by atoms with van der Waals surface area (Å²) in [5.41, 5.74) is 7.72. The SMILES string of the molecule is Cc1nn(C)c(Cl)c1CN1CCN(CC(N)=S)CC1. The predicted octanol–water partition coefficient (Wildman–Crippen LogP) is 0.786. The molecule has 0 atom stereocenters. The zero-order valence-corrected chi connectivity index (χ0v) is 13.0. The first kappa shape index (κ1) is 14.7. The molecule has 1 aliphatic rings. The number of thiocarbonyl (C=S) groups is 1. The molecular formula is C12H20ClN5S. The van der Waals surface area contributed by atoms with E-state index >= 15 is 0 Å². The number of piperazine rings is 1. The molecule has 0 amide bonds. The lowest BCUT2D eigenvalue weighted by molar-refractivity contribution is 0.140. The van der Waals surface area contributed by atoms with Gasteiger partial charge in [0.05, 0.1) is 10.7 Å². The third-order valence-electron chi connectivity index (χ3n) is 3.50. The van der Waals surface area contributed by atoms with E-state index in [-0.39, 0.29) is 0 Å². The maximum absolute atomic E-state index is 6.26. The van der Waals surface area contributed by atoms with Crippen molar-refractivity contribution in [3.8, 4) is 0 Å². The summed E-state index contributed by atoms with van der Waals surface area (Å²) >= 11 is 11.2. The summed E-state index contributed by atoms with van der Waals surface area (Å²) in [5, 5.41) is 5.08. The van der Waals surface area contributed by atoms with E-state index in [0.717, 1.165) is 55.7 Å². The molecule has 1 aromatic heterocycles. The van der Waals surface area contributed by atoms with Crippen molar-refractivity contribution in [1.29, 1.82) is 0 Å². The Hall–Kier alpha value is -0.690. The summed E-state index contributed by atoms with van der Waals surface area (Å²) in [6, 6.07) is 0. The van der Waals surface area contributed by atoms with E-state index in [9.17, 15) is 0 Å². The first-order chi connectivity index (χ1) is 8.97. The number of hydrogen-bond acceptors (Lipinski definition) is 4. The molecular weight excluding hydrogens is 282 g/mol. The van der Waals surface area contributed by atoms with Gasteiger partial charge in [0.1, 0.15) is 5.15 Å². The van der Waals surface area contributed by atoms with Crippen LogP contribution in [0.15, 0.2) is 0 Å². The lowest BCUT2D eigenvalue weighted by Gasteiger charge is -2.34. The Morgan fingerprint density at radius 2 is 1.89 bits per heavy atom. The third-order valence-corrected chi connectivity index (χ3v) is 4.10.